The fourth-order valence-corrected chi connectivity index (χ4v) is 2.46. The second-order valence-corrected chi connectivity index (χ2v) is 5.52. The first kappa shape index (κ1) is 14.1. The van der Waals surface area contributed by atoms with Crippen molar-refractivity contribution >= 4 is 5.78 Å². The summed E-state index contributed by atoms with van der Waals surface area (Å²) in [6.07, 6.45) is 2.96. The smallest absolute Gasteiger partial charge is 0.163 e. The second-order valence-electron chi connectivity index (χ2n) is 5.52. The number of benzene rings is 1. The van der Waals surface area contributed by atoms with Crippen molar-refractivity contribution in [3.8, 4) is 5.75 Å². The van der Waals surface area contributed by atoms with Gasteiger partial charge in [0.2, 0.25) is 0 Å². The van der Waals surface area contributed by atoms with Crippen LogP contribution in [0.3, 0.4) is 0 Å². The highest BCUT2D eigenvalue weighted by Gasteiger charge is 2.16. The first-order valence-corrected chi connectivity index (χ1v) is 7.16. The summed E-state index contributed by atoms with van der Waals surface area (Å²) in [5.74, 6) is 1.67. The first-order valence-electron chi connectivity index (χ1n) is 7.16. The van der Waals surface area contributed by atoms with Gasteiger partial charge in [-0.1, -0.05) is 12.1 Å². The van der Waals surface area contributed by atoms with Crippen LogP contribution >= 0.6 is 0 Å². The molecule has 0 amide bonds. The van der Waals surface area contributed by atoms with Gasteiger partial charge in [-0.2, -0.15) is 0 Å². The highest BCUT2D eigenvalue weighted by atomic mass is 16.5. The summed E-state index contributed by atoms with van der Waals surface area (Å²) in [6, 6.07) is 7.53. The van der Waals surface area contributed by atoms with Gasteiger partial charge in [0.05, 0.1) is 6.10 Å². The molecule has 1 N–H and O–H groups in total. The van der Waals surface area contributed by atoms with Crippen molar-refractivity contribution in [3.63, 3.8) is 0 Å². The van der Waals surface area contributed by atoms with Gasteiger partial charge in [-0.25, -0.2) is 0 Å². The van der Waals surface area contributed by atoms with Crippen LogP contribution in [0, 0.1) is 5.92 Å². The molecule has 0 saturated carbocycles. The van der Waals surface area contributed by atoms with Crippen LogP contribution in [0.4, 0.5) is 0 Å². The third-order valence-electron chi connectivity index (χ3n) is 3.47. The quantitative estimate of drug-likeness (QED) is 0.800. The molecule has 1 aliphatic rings. The molecule has 1 aromatic rings. The number of hydrogen-bond acceptors (Lipinski definition) is 3. The van der Waals surface area contributed by atoms with E-state index in [9.17, 15) is 4.79 Å². The highest BCUT2D eigenvalue weighted by Crippen LogP contribution is 2.19. The van der Waals surface area contributed by atoms with Crippen LogP contribution in [0.1, 0.15) is 43.5 Å². The van der Waals surface area contributed by atoms with Crippen molar-refractivity contribution < 1.29 is 9.53 Å². The molecule has 0 radical (unpaired) electrons. The maximum Gasteiger partial charge on any atom is 0.163 e. The number of hydrogen-bond donors (Lipinski definition) is 1. The van der Waals surface area contributed by atoms with Gasteiger partial charge in [0, 0.05) is 12.0 Å². The lowest BCUT2D eigenvalue weighted by Crippen LogP contribution is -2.11. The zero-order valence-electron chi connectivity index (χ0n) is 11.8. The molecule has 0 spiro atoms. The van der Waals surface area contributed by atoms with Crippen LogP contribution < -0.4 is 10.1 Å². The molecule has 2 rings (SSSR count). The van der Waals surface area contributed by atoms with E-state index in [1.807, 2.05) is 38.1 Å². The highest BCUT2D eigenvalue weighted by molar-refractivity contribution is 5.96. The molecule has 1 saturated heterocycles. The lowest BCUT2D eigenvalue weighted by Gasteiger charge is -2.11. The van der Waals surface area contributed by atoms with Crippen LogP contribution in [0.25, 0.3) is 0 Å². The van der Waals surface area contributed by atoms with Crippen molar-refractivity contribution in [1.29, 1.82) is 0 Å². The summed E-state index contributed by atoms with van der Waals surface area (Å²) in [4.78, 5) is 12.2. The zero-order valence-corrected chi connectivity index (χ0v) is 11.8. The number of Topliss-reactive ketones (excluding diaryl/α,β-unsaturated/α-hetero) is 1. The molecule has 1 unspecified atom stereocenters. The number of nitrogens with one attached hydrogen (secondary N) is 1. The van der Waals surface area contributed by atoms with Crippen molar-refractivity contribution in [1.82, 2.24) is 5.32 Å². The maximum absolute atomic E-state index is 12.2. The molecular weight excluding hydrogens is 238 g/mol. The van der Waals surface area contributed by atoms with E-state index in [4.69, 9.17) is 4.74 Å². The molecule has 0 aliphatic carbocycles. The van der Waals surface area contributed by atoms with Gasteiger partial charge in [0.15, 0.2) is 5.78 Å². The Hall–Kier alpha value is -1.35. The van der Waals surface area contributed by atoms with E-state index in [2.05, 4.69) is 5.32 Å². The number of carbonyl (C=O) groups excluding carboxylic acids is 1. The molecule has 0 aromatic heterocycles. The SMILES string of the molecule is CC(C)Oc1cccc(C(=O)CCC2CCNC2)c1. The van der Waals surface area contributed by atoms with Crippen molar-refractivity contribution in [2.45, 2.75) is 39.2 Å². The third-order valence-corrected chi connectivity index (χ3v) is 3.47. The van der Waals surface area contributed by atoms with E-state index in [-0.39, 0.29) is 11.9 Å². The van der Waals surface area contributed by atoms with Gasteiger partial charge in [-0.15, -0.1) is 0 Å². The van der Waals surface area contributed by atoms with E-state index in [1.165, 1.54) is 6.42 Å². The van der Waals surface area contributed by atoms with Crippen LogP contribution in [-0.2, 0) is 0 Å². The van der Waals surface area contributed by atoms with E-state index in [1.54, 1.807) is 0 Å². The number of carbonyl (C=O) groups is 1. The fourth-order valence-electron chi connectivity index (χ4n) is 2.46. The topological polar surface area (TPSA) is 38.3 Å². The minimum atomic E-state index is 0.134. The number of rotatable bonds is 6. The minimum absolute atomic E-state index is 0.134. The molecule has 3 heteroatoms. The molecule has 3 nitrogen and oxygen atoms in total. The van der Waals surface area contributed by atoms with Crippen LogP contribution in [-0.4, -0.2) is 25.0 Å². The third kappa shape index (κ3) is 4.35. The molecule has 1 fully saturated rings. The Kier molecular flexibility index (Phi) is 4.97. The normalized spacial score (nSPS) is 18.8. The summed E-state index contributed by atoms with van der Waals surface area (Å²) < 4.78 is 5.62. The van der Waals surface area contributed by atoms with E-state index in [0.29, 0.717) is 12.3 Å². The van der Waals surface area contributed by atoms with Crippen molar-refractivity contribution in [2.24, 2.45) is 5.92 Å². The van der Waals surface area contributed by atoms with Crippen molar-refractivity contribution in [3.05, 3.63) is 29.8 Å². The lowest BCUT2D eigenvalue weighted by atomic mass is 9.98. The van der Waals surface area contributed by atoms with Gasteiger partial charge < -0.3 is 10.1 Å². The Morgan fingerprint density at radius 3 is 3.00 bits per heavy atom. The number of ketones is 1. The van der Waals surface area contributed by atoms with E-state index in [0.717, 1.165) is 30.8 Å². The van der Waals surface area contributed by atoms with Gasteiger partial charge in [-0.05, 0) is 57.8 Å². The van der Waals surface area contributed by atoms with Gasteiger partial charge in [0.1, 0.15) is 5.75 Å². The molecule has 1 heterocycles. The minimum Gasteiger partial charge on any atom is -0.491 e. The van der Waals surface area contributed by atoms with Gasteiger partial charge in [-0.3, -0.25) is 4.79 Å². The molecule has 1 atom stereocenters. The summed E-state index contributed by atoms with van der Waals surface area (Å²) in [5, 5.41) is 3.34. The fraction of sp³-hybridized carbons (Fsp3) is 0.562. The predicted octanol–water partition coefficient (Wildman–Crippen LogP) is 3.05. The predicted molar refractivity (Wildman–Crippen MR) is 76.7 cm³/mol. The molecular formula is C16H23NO2. The van der Waals surface area contributed by atoms with Gasteiger partial charge in [0.25, 0.3) is 0 Å². The van der Waals surface area contributed by atoms with Gasteiger partial charge >= 0.3 is 0 Å². The molecule has 1 aliphatic heterocycles. The Balaban J connectivity index is 1.90. The Morgan fingerprint density at radius 1 is 1.47 bits per heavy atom. The summed E-state index contributed by atoms with van der Waals surface area (Å²) in [7, 11) is 0. The Labute approximate surface area is 115 Å². The average Bonchev–Trinajstić information content (AvgIpc) is 2.88. The largest absolute Gasteiger partial charge is 0.491 e. The Morgan fingerprint density at radius 2 is 2.32 bits per heavy atom. The lowest BCUT2D eigenvalue weighted by molar-refractivity contribution is 0.0974. The monoisotopic (exact) mass is 261 g/mol. The molecule has 104 valence electrons. The van der Waals surface area contributed by atoms with Crippen LogP contribution in [0.2, 0.25) is 0 Å². The van der Waals surface area contributed by atoms with E-state index < -0.39 is 0 Å². The second kappa shape index (κ2) is 6.71. The first-order chi connectivity index (χ1) is 9.15. The van der Waals surface area contributed by atoms with Crippen molar-refractivity contribution in [2.75, 3.05) is 13.1 Å². The number of ether oxygens (including phenoxy) is 1. The molecule has 19 heavy (non-hydrogen) atoms. The van der Waals surface area contributed by atoms with Crippen LogP contribution in [0.5, 0.6) is 5.75 Å². The average molecular weight is 261 g/mol. The Bertz CT molecular complexity index is 423. The summed E-state index contributed by atoms with van der Waals surface area (Å²) in [5.41, 5.74) is 0.768. The molecule has 0 bridgehead atoms. The summed E-state index contributed by atoms with van der Waals surface area (Å²) >= 11 is 0. The van der Waals surface area contributed by atoms with E-state index >= 15 is 0 Å². The molecule has 1 aromatic carbocycles. The zero-order chi connectivity index (χ0) is 13.7. The van der Waals surface area contributed by atoms with Crippen LogP contribution in [0.15, 0.2) is 24.3 Å². The summed E-state index contributed by atoms with van der Waals surface area (Å²) in [6.45, 7) is 6.13. The standard InChI is InChI=1S/C16H23NO2/c1-12(2)19-15-5-3-4-14(10-15)16(18)7-6-13-8-9-17-11-13/h3-5,10,12-13,17H,6-9,11H2,1-2H3. The maximum atomic E-state index is 12.2.